The molecule has 1 heterocycles. The summed E-state index contributed by atoms with van der Waals surface area (Å²) in [6.07, 6.45) is 5.72. The number of carbonyl (C=O) groups is 1. The standard InChI is InChI=1S/C10H14N2O/c1-10(2,3)9-8(5-4-6-13)7-11-12-9/h4-7H,1-3H3,(H,11,12)/b5-4+. The number of aldehydes is 1. The predicted octanol–water partition coefficient (Wildman–Crippen LogP) is 1.92. The van der Waals surface area contributed by atoms with Gasteiger partial charge in [-0.05, 0) is 12.2 Å². The topological polar surface area (TPSA) is 45.8 Å². The van der Waals surface area contributed by atoms with Crippen molar-refractivity contribution in [3.05, 3.63) is 23.5 Å². The molecule has 13 heavy (non-hydrogen) atoms. The lowest BCUT2D eigenvalue weighted by Gasteiger charge is -2.16. The molecule has 3 heteroatoms. The molecule has 1 aromatic rings. The van der Waals surface area contributed by atoms with Crippen LogP contribution in [0.4, 0.5) is 0 Å². The van der Waals surface area contributed by atoms with Crippen molar-refractivity contribution < 1.29 is 4.79 Å². The van der Waals surface area contributed by atoms with Crippen molar-refractivity contribution in [3.63, 3.8) is 0 Å². The molecule has 0 atom stereocenters. The van der Waals surface area contributed by atoms with Crippen molar-refractivity contribution >= 4 is 12.4 Å². The van der Waals surface area contributed by atoms with E-state index < -0.39 is 0 Å². The van der Waals surface area contributed by atoms with Gasteiger partial charge in [-0.25, -0.2) is 0 Å². The summed E-state index contributed by atoms with van der Waals surface area (Å²) in [5.41, 5.74) is 2.05. The van der Waals surface area contributed by atoms with Gasteiger partial charge in [-0.3, -0.25) is 9.89 Å². The lowest BCUT2D eigenvalue weighted by atomic mass is 9.89. The molecule has 3 nitrogen and oxygen atoms in total. The van der Waals surface area contributed by atoms with Crippen LogP contribution in [0.5, 0.6) is 0 Å². The number of rotatable bonds is 2. The highest BCUT2D eigenvalue weighted by atomic mass is 16.1. The number of aromatic nitrogens is 2. The predicted molar refractivity (Wildman–Crippen MR) is 52.4 cm³/mol. The van der Waals surface area contributed by atoms with Crippen LogP contribution < -0.4 is 0 Å². The Kier molecular flexibility index (Phi) is 2.66. The normalized spacial score (nSPS) is 12.2. The zero-order valence-electron chi connectivity index (χ0n) is 8.16. The number of aromatic amines is 1. The molecule has 0 saturated carbocycles. The fourth-order valence-corrected chi connectivity index (χ4v) is 1.17. The number of nitrogens with one attached hydrogen (secondary N) is 1. The van der Waals surface area contributed by atoms with Gasteiger partial charge in [-0.15, -0.1) is 0 Å². The third kappa shape index (κ3) is 2.28. The summed E-state index contributed by atoms with van der Waals surface area (Å²) in [5, 5.41) is 6.89. The summed E-state index contributed by atoms with van der Waals surface area (Å²) in [5.74, 6) is 0. The Morgan fingerprint density at radius 2 is 2.15 bits per heavy atom. The Bertz CT molecular complexity index is 318. The molecule has 0 bridgehead atoms. The van der Waals surface area contributed by atoms with Gasteiger partial charge in [-0.2, -0.15) is 5.10 Å². The molecule has 1 N–H and O–H groups in total. The van der Waals surface area contributed by atoms with Crippen LogP contribution in [0.1, 0.15) is 32.0 Å². The van der Waals surface area contributed by atoms with Crippen LogP contribution in [0.25, 0.3) is 6.08 Å². The van der Waals surface area contributed by atoms with Gasteiger partial charge in [0.25, 0.3) is 0 Å². The quantitative estimate of drug-likeness (QED) is 0.555. The van der Waals surface area contributed by atoms with Crippen molar-refractivity contribution in [1.82, 2.24) is 10.2 Å². The van der Waals surface area contributed by atoms with E-state index in [-0.39, 0.29) is 5.41 Å². The minimum atomic E-state index is 0.0268. The molecule has 0 fully saturated rings. The number of H-pyrrole nitrogens is 1. The van der Waals surface area contributed by atoms with Gasteiger partial charge in [0.2, 0.25) is 0 Å². The van der Waals surface area contributed by atoms with E-state index in [4.69, 9.17) is 0 Å². The van der Waals surface area contributed by atoms with Crippen molar-refractivity contribution in [3.8, 4) is 0 Å². The molecule has 0 spiro atoms. The Balaban J connectivity index is 3.03. The van der Waals surface area contributed by atoms with E-state index >= 15 is 0 Å². The second-order valence-electron chi connectivity index (χ2n) is 3.95. The van der Waals surface area contributed by atoms with Crippen LogP contribution in [0.3, 0.4) is 0 Å². The number of carbonyl (C=O) groups excluding carboxylic acids is 1. The average Bonchev–Trinajstić information content (AvgIpc) is 2.47. The SMILES string of the molecule is CC(C)(C)c1[nH]ncc1/C=C/C=O. The smallest absolute Gasteiger partial charge is 0.142 e. The second kappa shape index (κ2) is 3.56. The van der Waals surface area contributed by atoms with Crippen LogP contribution in [-0.4, -0.2) is 16.5 Å². The molecule has 0 aliphatic heterocycles. The van der Waals surface area contributed by atoms with Gasteiger partial charge >= 0.3 is 0 Å². The van der Waals surface area contributed by atoms with Gasteiger partial charge in [0, 0.05) is 16.7 Å². The fourth-order valence-electron chi connectivity index (χ4n) is 1.17. The summed E-state index contributed by atoms with van der Waals surface area (Å²) in [6.45, 7) is 6.29. The van der Waals surface area contributed by atoms with Crippen molar-refractivity contribution in [2.45, 2.75) is 26.2 Å². The molecular weight excluding hydrogens is 164 g/mol. The highest BCUT2D eigenvalue weighted by molar-refractivity contribution is 5.74. The molecule has 1 aromatic heterocycles. The van der Waals surface area contributed by atoms with Gasteiger partial charge in [0.1, 0.15) is 6.29 Å². The maximum Gasteiger partial charge on any atom is 0.142 e. The Labute approximate surface area is 77.9 Å². The number of allylic oxidation sites excluding steroid dienone is 1. The highest BCUT2D eigenvalue weighted by Crippen LogP contribution is 2.23. The molecule has 0 radical (unpaired) electrons. The molecule has 0 saturated heterocycles. The van der Waals surface area contributed by atoms with Crippen molar-refractivity contribution in [1.29, 1.82) is 0 Å². The van der Waals surface area contributed by atoms with E-state index in [2.05, 4.69) is 31.0 Å². The van der Waals surface area contributed by atoms with Crippen LogP contribution in [0, 0.1) is 0 Å². The van der Waals surface area contributed by atoms with Crippen LogP contribution in [0.2, 0.25) is 0 Å². The van der Waals surface area contributed by atoms with Crippen LogP contribution in [0.15, 0.2) is 12.3 Å². The first-order chi connectivity index (χ1) is 6.05. The molecule has 1 rings (SSSR count). The molecule has 0 aliphatic carbocycles. The minimum Gasteiger partial charge on any atom is -0.299 e. The lowest BCUT2D eigenvalue weighted by Crippen LogP contribution is -2.13. The van der Waals surface area contributed by atoms with Crippen molar-refractivity contribution in [2.75, 3.05) is 0 Å². The van der Waals surface area contributed by atoms with Gasteiger partial charge < -0.3 is 0 Å². The maximum absolute atomic E-state index is 10.1. The van der Waals surface area contributed by atoms with Crippen LogP contribution >= 0.6 is 0 Å². The molecule has 0 aromatic carbocycles. The summed E-state index contributed by atoms with van der Waals surface area (Å²) >= 11 is 0. The Morgan fingerprint density at radius 1 is 1.46 bits per heavy atom. The molecule has 0 unspecified atom stereocenters. The maximum atomic E-state index is 10.1. The van der Waals surface area contributed by atoms with Gasteiger partial charge in [0.05, 0.1) is 6.20 Å². The zero-order chi connectivity index (χ0) is 9.90. The number of nitrogens with zero attached hydrogens (tertiary/aromatic N) is 1. The molecule has 70 valence electrons. The average molecular weight is 178 g/mol. The van der Waals surface area contributed by atoms with E-state index in [0.29, 0.717) is 0 Å². The van der Waals surface area contributed by atoms with Gasteiger partial charge in [-0.1, -0.05) is 20.8 Å². The first-order valence-electron chi connectivity index (χ1n) is 4.21. The monoisotopic (exact) mass is 178 g/mol. The van der Waals surface area contributed by atoms with E-state index in [1.165, 1.54) is 6.08 Å². The van der Waals surface area contributed by atoms with E-state index in [1.54, 1.807) is 12.3 Å². The summed E-state index contributed by atoms with van der Waals surface area (Å²) < 4.78 is 0. The third-order valence-electron chi connectivity index (χ3n) is 1.77. The van der Waals surface area contributed by atoms with Crippen molar-refractivity contribution in [2.24, 2.45) is 0 Å². The second-order valence-corrected chi connectivity index (χ2v) is 3.95. The van der Waals surface area contributed by atoms with E-state index in [1.807, 2.05) is 0 Å². The Hall–Kier alpha value is -1.38. The highest BCUT2D eigenvalue weighted by Gasteiger charge is 2.18. The molecule has 0 aliphatic rings. The summed E-state index contributed by atoms with van der Waals surface area (Å²) in [7, 11) is 0. The Morgan fingerprint density at radius 3 is 2.69 bits per heavy atom. The zero-order valence-corrected chi connectivity index (χ0v) is 8.16. The first-order valence-corrected chi connectivity index (χ1v) is 4.21. The minimum absolute atomic E-state index is 0.0268. The number of hydrogen-bond acceptors (Lipinski definition) is 2. The number of hydrogen-bond donors (Lipinski definition) is 1. The molecular formula is C10H14N2O. The van der Waals surface area contributed by atoms with E-state index in [9.17, 15) is 4.79 Å². The fraction of sp³-hybridized carbons (Fsp3) is 0.400. The third-order valence-corrected chi connectivity index (χ3v) is 1.77. The summed E-state index contributed by atoms with van der Waals surface area (Å²) in [4.78, 5) is 10.1. The molecule has 0 amide bonds. The first kappa shape index (κ1) is 9.71. The van der Waals surface area contributed by atoms with Crippen LogP contribution in [-0.2, 0) is 10.2 Å². The van der Waals surface area contributed by atoms with Gasteiger partial charge in [0.15, 0.2) is 0 Å². The lowest BCUT2D eigenvalue weighted by molar-refractivity contribution is -0.104. The van der Waals surface area contributed by atoms with E-state index in [0.717, 1.165) is 17.5 Å². The largest absolute Gasteiger partial charge is 0.299 e. The summed E-state index contributed by atoms with van der Waals surface area (Å²) in [6, 6.07) is 0.